The van der Waals surface area contributed by atoms with Crippen LogP contribution in [0, 0.1) is 0 Å². The van der Waals surface area contributed by atoms with Crippen molar-refractivity contribution >= 4 is 16.1 Å². The van der Waals surface area contributed by atoms with Crippen LogP contribution in [0.1, 0.15) is 22.8 Å². The lowest BCUT2D eigenvalue weighted by molar-refractivity contribution is 0.112. The van der Waals surface area contributed by atoms with E-state index >= 15 is 0 Å². The van der Waals surface area contributed by atoms with E-state index in [1.165, 1.54) is 16.5 Å². The molecule has 6 heteroatoms. The van der Waals surface area contributed by atoms with E-state index in [0.29, 0.717) is 11.3 Å². The summed E-state index contributed by atoms with van der Waals surface area (Å²) in [6, 6.07) is 7.85. The molecule has 0 amide bonds. The summed E-state index contributed by atoms with van der Waals surface area (Å²) in [6.45, 7) is 2.32. The number of hydrogen-bond donors (Lipinski definition) is 0. The highest BCUT2D eigenvalue weighted by Gasteiger charge is 2.12. The molecule has 21 heavy (non-hydrogen) atoms. The Kier molecular flexibility index (Phi) is 4.57. The maximum Gasteiger partial charge on any atom is 0.153 e. The number of carbonyl (C=O) groups is 1. The van der Waals surface area contributed by atoms with Gasteiger partial charge in [-0.05, 0) is 12.0 Å². The van der Waals surface area contributed by atoms with E-state index in [0.717, 1.165) is 18.3 Å². The Morgan fingerprint density at radius 2 is 1.90 bits per heavy atom. The van der Waals surface area contributed by atoms with Crippen LogP contribution in [0.25, 0.3) is 11.3 Å². The van der Waals surface area contributed by atoms with E-state index in [-0.39, 0.29) is 12.3 Å². The van der Waals surface area contributed by atoms with Crippen molar-refractivity contribution in [3.05, 3.63) is 41.6 Å². The first-order valence-corrected chi connectivity index (χ1v) is 8.78. The summed E-state index contributed by atoms with van der Waals surface area (Å²) in [6.07, 6.45) is 4.46. The fraction of sp³-hybridized carbons (Fsp3) is 0.333. The average Bonchev–Trinajstić information content (AvgIpc) is 2.88. The van der Waals surface area contributed by atoms with E-state index in [1.807, 2.05) is 24.3 Å². The van der Waals surface area contributed by atoms with Crippen LogP contribution < -0.4 is 0 Å². The zero-order chi connectivity index (χ0) is 15.5. The molecule has 0 aliphatic carbocycles. The third kappa shape index (κ3) is 4.01. The molecule has 5 nitrogen and oxygen atoms in total. The first-order chi connectivity index (χ1) is 9.93. The molecular formula is C15H18N2O3S. The molecule has 0 saturated heterocycles. The van der Waals surface area contributed by atoms with Crippen molar-refractivity contribution in [1.82, 2.24) is 9.78 Å². The van der Waals surface area contributed by atoms with E-state index in [2.05, 4.69) is 12.0 Å². The van der Waals surface area contributed by atoms with Crippen LogP contribution >= 0.6 is 0 Å². The molecule has 0 aliphatic rings. The fourth-order valence-corrected chi connectivity index (χ4v) is 2.54. The van der Waals surface area contributed by atoms with Crippen molar-refractivity contribution in [2.75, 3.05) is 12.0 Å². The molecule has 1 aromatic heterocycles. The number of aromatic nitrogens is 2. The van der Waals surface area contributed by atoms with Crippen LogP contribution in [-0.2, 0) is 22.8 Å². The molecule has 0 unspecified atom stereocenters. The van der Waals surface area contributed by atoms with Crippen molar-refractivity contribution in [2.24, 2.45) is 0 Å². The fourth-order valence-electron chi connectivity index (χ4n) is 2.02. The summed E-state index contributed by atoms with van der Waals surface area (Å²) in [7, 11) is -3.06. The van der Waals surface area contributed by atoms with Crippen molar-refractivity contribution in [1.29, 1.82) is 0 Å². The summed E-state index contributed by atoms with van der Waals surface area (Å²) in [5.74, 6) is 0.00118. The number of carbonyl (C=O) groups excluding carboxylic acids is 1. The van der Waals surface area contributed by atoms with Gasteiger partial charge in [-0.3, -0.25) is 9.48 Å². The summed E-state index contributed by atoms with van der Waals surface area (Å²) in [5.41, 5.74) is 3.12. The molecule has 0 atom stereocenters. The Morgan fingerprint density at radius 1 is 1.24 bits per heavy atom. The van der Waals surface area contributed by atoms with Crippen LogP contribution in [0.3, 0.4) is 0 Å². The summed E-state index contributed by atoms with van der Waals surface area (Å²) >= 11 is 0. The average molecular weight is 306 g/mol. The first-order valence-electron chi connectivity index (χ1n) is 6.72. The van der Waals surface area contributed by atoms with Gasteiger partial charge in [0.2, 0.25) is 0 Å². The molecular weight excluding hydrogens is 288 g/mol. The molecule has 112 valence electrons. The number of benzene rings is 1. The molecule has 0 radical (unpaired) electrons. The normalized spacial score (nSPS) is 11.5. The van der Waals surface area contributed by atoms with Crippen LogP contribution in [-0.4, -0.2) is 36.5 Å². The molecule has 0 spiro atoms. The molecule has 0 bridgehead atoms. The first kappa shape index (κ1) is 15.4. The van der Waals surface area contributed by atoms with E-state index in [9.17, 15) is 13.2 Å². The maximum absolute atomic E-state index is 11.2. The van der Waals surface area contributed by atoms with Gasteiger partial charge in [-0.25, -0.2) is 8.42 Å². The molecule has 0 fully saturated rings. The Balaban J connectivity index is 2.30. The van der Waals surface area contributed by atoms with Crippen molar-refractivity contribution in [3.8, 4) is 11.3 Å². The molecule has 2 rings (SSSR count). The number of sulfone groups is 1. The van der Waals surface area contributed by atoms with E-state index in [1.54, 1.807) is 6.20 Å². The second kappa shape index (κ2) is 6.22. The monoisotopic (exact) mass is 306 g/mol. The van der Waals surface area contributed by atoms with Crippen molar-refractivity contribution < 1.29 is 13.2 Å². The van der Waals surface area contributed by atoms with Gasteiger partial charge in [0.15, 0.2) is 6.29 Å². The predicted molar refractivity (Wildman–Crippen MR) is 82.1 cm³/mol. The highest BCUT2D eigenvalue weighted by Crippen LogP contribution is 2.21. The zero-order valence-corrected chi connectivity index (χ0v) is 12.9. The summed E-state index contributed by atoms with van der Waals surface area (Å²) in [5, 5.41) is 4.33. The number of nitrogens with zero attached hydrogens (tertiary/aromatic N) is 2. The van der Waals surface area contributed by atoms with Gasteiger partial charge in [-0.15, -0.1) is 0 Å². The Bertz CT molecular complexity index is 731. The number of aldehydes is 1. The number of aryl methyl sites for hydroxylation is 2. The van der Waals surface area contributed by atoms with Gasteiger partial charge >= 0.3 is 0 Å². The minimum Gasteiger partial charge on any atom is -0.298 e. The SMILES string of the molecule is CCc1ccc(-c2nn(CCS(C)(=O)=O)cc2C=O)cc1. The maximum atomic E-state index is 11.2. The minimum absolute atomic E-state index is 0.00118. The lowest BCUT2D eigenvalue weighted by atomic mass is 10.1. The van der Waals surface area contributed by atoms with Crippen molar-refractivity contribution in [3.63, 3.8) is 0 Å². The van der Waals surface area contributed by atoms with Gasteiger partial charge in [0, 0.05) is 18.0 Å². The number of rotatable bonds is 6. The van der Waals surface area contributed by atoms with Gasteiger partial charge in [-0.1, -0.05) is 31.2 Å². The lowest BCUT2D eigenvalue weighted by Gasteiger charge is -2.01. The van der Waals surface area contributed by atoms with E-state index < -0.39 is 9.84 Å². The highest BCUT2D eigenvalue weighted by atomic mass is 32.2. The Labute approximate surface area is 124 Å². The largest absolute Gasteiger partial charge is 0.298 e. The zero-order valence-electron chi connectivity index (χ0n) is 12.1. The molecule has 1 heterocycles. The van der Waals surface area contributed by atoms with Gasteiger partial charge in [0.25, 0.3) is 0 Å². The van der Waals surface area contributed by atoms with Crippen LogP contribution in [0.4, 0.5) is 0 Å². The summed E-state index contributed by atoms with van der Waals surface area (Å²) < 4.78 is 23.9. The number of hydrogen-bond acceptors (Lipinski definition) is 4. The van der Waals surface area contributed by atoms with Gasteiger partial charge in [0.05, 0.1) is 17.9 Å². The molecule has 0 aliphatic heterocycles. The van der Waals surface area contributed by atoms with Gasteiger partial charge in [-0.2, -0.15) is 5.10 Å². The third-order valence-corrected chi connectivity index (χ3v) is 4.17. The molecule has 2 aromatic rings. The standard InChI is InChI=1S/C15H18N2O3S/c1-3-12-4-6-13(7-5-12)15-14(11-18)10-17(16-15)8-9-21(2,19)20/h4-7,10-11H,3,8-9H2,1-2H3. The molecule has 1 aromatic carbocycles. The van der Waals surface area contributed by atoms with Crippen LogP contribution in [0.15, 0.2) is 30.5 Å². The van der Waals surface area contributed by atoms with Gasteiger partial charge < -0.3 is 0 Å². The second-order valence-electron chi connectivity index (χ2n) is 4.99. The topological polar surface area (TPSA) is 69.0 Å². The highest BCUT2D eigenvalue weighted by molar-refractivity contribution is 7.90. The minimum atomic E-state index is -3.06. The second-order valence-corrected chi connectivity index (χ2v) is 7.25. The molecule has 0 N–H and O–H groups in total. The Morgan fingerprint density at radius 3 is 2.43 bits per heavy atom. The van der Waals surface area contributed by atoms with Gasteiger partial charge in [0.1, 0.15) is 15.5 Å². The smallest absolute Gasteiger partial charge is 0.153 e. The van der Waals surface area contributed by atoms with Crippen LogP contribution in [0.5, 0.6) is 0 Å². The third-order valence-electron chi connectivity index (χ3n) is 3.24. The predicted octanol–water partition coefficient (Wildman–Crippen LogP) is 1.97. The lowest BCUT2D eigenvalue weighted by Crippen LogP contribution is -2.11. The molecule has 0 saturated carbocycles. The van der Waals surface area contributed by atoms with Crippen molar-refractivity contribution in [2.45, 2.75) is 19.9 Å². The summed E-state index contributed by atoms with van der Waals surface area (Å²) in [4.78, 5) is 11.2. The van der Waals surface area contributed by atoms with Crippen LogP contribution in [0.2, 0.25) is 0 Å². The quantitative estimate of drug-likeness (QED) is 0.765. The van der Waals surface area contributed by atoms with E-state index in [4.69, 9.17) is 0 Å². The Hall–Kier alpha value is -1.95.